The van der Waals surface area contributed by atoms with Gasteiger partial charge in [0.15, 0.2) is 0 Å². The van der Waals surface area contributed by atoms with Crippen molar-refractivity contribution >= 4 is 39.3 Å². The fourth-order valence-electron chi connectivity index (χ4n) is 3.76. The van der Waals surface area contributed by atoms with E-state index in [4.69, 9.17) is 4.74 Å². The Kier molecular flexibility index (Phi) is 6.07. The number of carbonyl (C=O) groups is 1. The topological polar surface area (TPSA) is 29.5 Å². The van der Waals surface area contributed by atoms with Gasteiger partial charge in [-0.05, 0) is 74.5 Å². The normalized spacial score (nSPS) is 15.3. The molecule has 1 aliphatic rings. The Balaban J connectivity index is 1.77. The largest absolute Gasteiger partial charge is 0.496 e. The molecule has 0 saturated heterocycles. The molecule has 0 radical (unpaired) electrons. The van der Waals surface area contributed by atoms with E-state index < -0.39 is 0 Å². The van der Waals surface area contributed by atoms with Gasteiger partial charge in [-0.3, -0.25) is 9.69 Å². The lowest BCUT2D eigenvalue weighted by molar-refractivity contribution is -0.113. The smallest absolute Gasteiger partial charge is 0.262 e. The van der Waals surface area contributed by atoms with E-state index in [2.05, 4.69) is 48.8 Å². The predicted molar refractivity (Wildman–Crippen MR) is 136 cm³/mol. The Morgan fingerprint density at radius 2 is 1.62 bits per heavy atom. The summed E-state index contributed by atoms with van der Waals surface area (Å²) in [7, 11) is 1.64. The highest BCUT2D eigenvalue weighted by molar-refractivity contribution is 9.10. The molecule has 0 saturated carbocycles. The van der Waals surface area contributed by atoms with Crippen LogP contribution in [0.3, 0.4) is 0 Å². The molecule has 0 aliphatic carbocycles. The fraction of sp³-hybridized carbons (Fsp3) is 0.179. The van der Waals surface area contributed by atoms with Crippen molar-refractivity contribution in [3.8, 4) is 5.75 Å². The van der Waals surface area contributed by atoms with Crippen molar-refractivity contribution in [3.05, 3.63) is 106 Å². The predicted octanol–water partition coefficient (Wildman–Crippen LogP) is 7.23. The minimum atomic E-state index is -0.0423. The number of halogens is 1. The van der Waals surface area contributed by atoms with Gasteiger partial charge in [0, 0.05) is 11.3 Å². The molecule has 1 heterocycles. The zero-order valence-corrected chi connectivity index (χ0v) is 20.3. The molecule has 0 atom stereocenters. The monoisotopic (exact) mass is 487 g/mol. The number of methoxy groups -OCH3 is 1. The lowest BCUT2D eigenvalue weighted by Gasteiger charge is -2.23. The lowest BCUT2D eigenvalue weighted by atomic mass is 9.87. The molecule has 0 spiro atoms. The van der Waals surface area contributed by atoms with Gasteiger partial charge in [0.1, 0.15) is 5.75 Å². The number of rotatable bonds is 4. The van der Waals surface area contributed by atoms with E-state index in [1.807, 2.05) is 72.8 Å². The Labute approximate surface area is 198 Å². The highest BCUT2D eigenvalue weighted by atomic mass is 79.9. The molecule has 3 nitrogen and oxygen atoms in total. The van der Waals surface area contributed by atoms with E-state index >= 15 is 0 Å². The van der Waals surface area contributed by atoms with E-state index in [0.29, 0.717) is 5.57 Å². The summed E-state index contributed by atoms with van der Waals surface area (Å²) in [4.78, 5) is 15.4. The van der Waals surface area contributed by atoms with Crippen molar-refractivity contribution in [3.63, 3.8) is 0 Å². The maximum absolute atomic E-state index is 13.6. The third kappa shape index (κ3) is 4.42. The maximum Gasteiger partial charge on any atom is 0.262 e. The average molecular weight is 488 g/mol. The lowest BCUT2D eigenvalue weighted by Crippen LogP contribution is -2.25. The minimum Gasteiger partial charge on any atom is -0.496 e. The second-order valence-corrected chi connectivity index (χ2v) is 9.68. The number of ether oxygens (including phenoxy) is 1. The van der Waals surface area contributed by atoms with Gasteiger partial charge < -0.3 is 4.74 Å². The molecule has 0 N–H and O–H groups in total. The molecule has 1 aliphatic heterocycles. The molecule has 3 aromatic rings. The summed E-state index contributed by atoms with van der Waals surface area (Å²) < 4.78 is 6.17. The van der Waals surface area contributed by atoms with Gasteiger partial charge in [0.25, 0.3) is 5.91 Å². The number of amides is 1. The molecule has 4 heteroatoms. The molecule has 0 unspecified atom stereocenters. The molecule has 3 aromatic carbocycles. The SMILES string of the molecule is COc1ccc(/C=C2\C=C(c3ccccc3)N(c3ccc(C(C)(C)C)cc3)C2=O)cc1Br. The molecule has 0 bridgehead atoms. The first-order valence-corrected chi connectivity index (χ1v) is 11.3. The third-order valence-electron chi connectivity index (χ3n) is 5.54. The molecule has 32 heavy (non-hydrogen) atoms. The van der Waals surface area contributed by atoms with Crippen LogP contribution in [0.15, 0.2) is 88.9 Å². The molecular weight excluding hydrogens is 462 g/mol. The summed E-state index contributed by atoms with van der Waals surface area (Å²) >= 11 is 3.53. The molecule has 162 valence electrons. The number of carbonyl (C=O) groups excluding carboxylic acids is 1. The summed E-state index contributed by atoms with van der Waals surface area (Å²) in [6.07, 6.45) is 3.88. The van der Waals surface area contributed by atoms with Gasteiger partial charge in [-0.1, -0.05) is 69.3 Å². The van der Waals surface area contributed by atoms with E-state index in [-0.39, 0.29) is 11.3 Å². The quantitative estimate of drug-likeness (QED) is 0.363. The first-order chi connectivity index (χ1) is 15.3. The molecule has 4 rings (SSSR count). The van der Waals surface area contributed by atoms with Crippen LogP contribution in [0.25, 0.3) is 11.8 Å². The number of nitrogens with zero attached hydrogens (tertiary/aromatic N) is 1. The van der Waals surface area contributed by atoms with Crippen LogP contribution in [0, 0.1) is 0 Å². The van der Waals surface area contributed by atoms with Gasteiger partial charge in [-0.2, -0.15) is 0 Å². The minimum absolute atomic E-state index is 0.0423. The van der Waals surface area contributed by atoms with Crippen molar-refractivity contribution in [1.82, 2.24) is 0 Å². The van der Waals surface area contributed by atoms with Crippen molar-refractivity contribution < 1.29 is 9.53 Å². The number of benzene rings is 3. The Morgan fingerprint density at radius 3 is 2.22 bits per heavy atom. The van der Waals surface area contributed by atoms with E-state index in [9.17, 15) is 4.79 Å². The van der Waals surface area contributed by atoms with Crippen molar-refractivity contribution in [1.29, 1.82) is 0 Å². The van der Waals surface area contributed by atoms with Crippen LogP contribution in [0.5, 0.6) is 5.75 Å². The summed E-state index contributed by atoms with van der Waals surface area (Å²) in [5, 5.41) is 0. The molecule has 0 fully saturated rings. The number of hydrogen-bond donors (Lipinski definition) is 0. The van der Waals surface area contributed by atoms with Crippen molar-refractivity contribution in [2.24, 2.45) is 0 Å². The Bertz CT molecular complexity index is 1200. The first-order valence-electron chi connectivity index (χ1n) is 10.6. The number of hydrogen-bond acceptors (Lipinski definition) is 2. The van der Waals surface area contributed by atoms with Crippen LogP contribution in [0.4, 0.5) is 5.69 Å². The van der Waals surface area contributed by atoms with E-state index in [1.165, 1.54) is 5.56 Å². The Hall–Kier alpha value is -3.11. The summed E-state index contributed by atoms with van der Waals surface area (Å²) in [6.45, 7) is 6.56. The zero-order chi connectivity index (χ0) is 22.9. The van der Waals surface area contributed by atoms with Crippen LogP contribution < -0.4 is 9.64 Å². The highest BCUT2D eigenvalue weighted by Gasteiger charge is 2.30. The standard InChI is InChI=1S/C28H26BrNO2/c1-28(2,3)22-11-13-23(14-12-22)30-25(20-8-6-5-7-9-20)18-21(27(30)31)16-19-10-15-26(32-4)24(29)17-19/h5-18H,1-4H3/b21-16+. The van der Waals surface area contributed by atoms with E-state index in [0.717, 1.165) is 32.7 Å². The highest BCUT2D eigenvalue weighted by Crippen LogP contribution is 2.36. The summed E-state index contributed by atoms with van der Waals surface area (Å²) in [5.74, 6) is 0.713. The average Bonchev–Trinajstić information content (AvgIpc) is 3.10. The summed E-state index contributed by atoms with van der Waals surface area (Å²) in [6, 6.07) is 24.1. The van der Waals surface area contributed by atoms with Crippen LogP contribution in [-0.2, 0) is 10.2 Å². The zero-order valence-electron chi connectivity index (χ0n) is 18.7. The van der Waals surface area contributed by atoms with Crippen LogP contribution in [0.1, 0.15) is 37.5 Å². The second kappa shape index (κ2) is 8.79. The van der Waals surface area contributed by atoms with Crippen molar-refractivity contribution in [2.45, 2.75) is 26.2 Å². The van der Waals surface area contributed by atoms with Crippen LogP contribution >= 0.6 is 15.9 Å². The molecular formula is C28H26BrNO2. The van der Waals surface area contributed by atoms with Crippen molar-refractivity contribution in [2.75, 3.05) is 12.0 Å². The fourth-order valence-corrected chi connectivity index (χ4v) is 4.31. The number of anilines is 1. The Morgan fingerprint density at radius 1 is 0.938 bits per heavy atom. The van der Waals surface area contributed by atoms with Gasteiger partial charge in [-0.15, -0.1) is 0 Å². The van der Waals surface area contributed by atoms with Gasteiger partial charge in [0.05, 0.1) is 17.3 Å². The third-order valence-corrected chi connectivity index (χ3v) is 6.16. The molecule has 0 aromatic heterocycles. The van der Waals surface area contributed by atoms with Gasteiger partial charge >= 0.3 is 0 Å². The van der Waals surface area contributed by atoms with Gasteiger partial charge in [0.2, 0.25) is 0 Å². The van der Waals surface area contributed by atoms with E-state index in [1.54, 1.807) is 12.0 Å². The first kappa shape index (κ1) is 22.1. The van der Waals surface area contributed by atoms with Crippen LogP contribution in [-0.4, -0.2) is 13.0 Å². The molecule has 1 amide bonds. The second-order valence-electron chi connectivity index (χ2n) is 8.83. The maximum atomic E-state index is 13.6. The van der Waals surface area contributed by atoms with Gasteiger partial charge in [-0.25, -0.2) is 0 Å². The van der Waals surface area contributed by atoms with Crippen LogP contribution in [0.2, 0.25) is 0 Å². The summed E-state index contributed by atoms with van der Waals surface area (Å²) in [5.41, 5.74) is 5.58.